The predicted molar refractivity (Wildman–Crippen MR) is 71.7 cm³/mol. The molecule has 0 spiro atoms. The van der Waals surface area contributed by atoms with E-state index in [4.69, 9.17) is 11.6 Å². The topological polar surface area (TPSA) is 0 Å². The van der Waals surface area contributed by atoms with Gasteiger partial charge in [0.2, 0.25) is 0 Å². The Kier molecular flexibility index (Phi) is 7.75. The van der Waals surface area contributed by atoms with Crippen molar-refractivity contribution in [1.82, 2.24) is 0 Å². The molecular formula is C14H19Cl. The first-order valence-corrected chi connectivity index (χ1v) is 5.88. The summed E-state index contributed by atoms with van der Waals surface area (Å²) in [5, 5.41) is 3.22. The van der Waals surface area contributed by atoms with E-state index in [2.05, 4.69) is 12.1 Å². The van der Waals surface area contributed by atoms with Gasteiger partial charge in [0.25, 0.3) is 0 Å². The maximum absolute atomic E-state index is 5.82. The Morgan fingerprint density at radius 3 is 1.87 bits per heavy atom. The van der Waals surface area contributed by atoms with Gasteiger partial charge in [0, 0.05) is 5.02 Å². The van der Waals surface area contributed by atoms with Gasteiger partial charge in [0.1, 0.15) is 0 Å². The second-order valence-electron chi connectivity index (χ2n) is 2.49. The molecule has 2 rings (SSSR count). The molecule has 0 aliphatic heterocycles. The molecule has 0 amide bonds. The van der Waals surface area contributed by atoms with Crippen molar-refractivity contribution in [3.05, 3.63) is 47.5 Å². The molecule has 0 saturated carbocycles. The lowest BCUT2D eigenvalue weighted by Gasteiger charge is -1.95. The zero-order valence-electron chi connectivity index (χ0n) is 9.92. The molecule has 1 heteroatoms. The van der Waals surface area contributed by atoms with E-state index in [1.54, 1.807) is 0 Å². The standard InChI is InChI=1S/C10H7Cl.2C2H6/c11-10-6-5-8-3-1-2-4-9(8)7-10;2*1-2/h1-7H;2*1-2H3. The molecule has 0 N–H and O–H groups in total. The van der Waals surface area contributed by atoms with Gasteiger partial charge in [-0.25, -0.2) is 0 Å². The number of benzene rings is 2. The highest BCUT2D eigenvalue weighted by atomic mass is 35.5. The Balaban J connectivity index is 0.000000442. The molecule has 0 atom stereocenters. The van der Waals surface area contributed by atoms with E-state index in [1.807, 2.05) is 58.0 Å². The summed E-state index contributed by atoms with van der Waals surface area (Å²) >= 11 is 5.82. The van der Waals surface area contributed by atoms with E-state index in [0.29, 0.717) is 0 Å². The van der Waals surface area contributed by atoms with E-state index >= 15 is 0 Å². The molecule has 2 aromatic rings. The summed E-state index contributed by atoms with van der Waals surface area (Å²) in [6.07, 6.45) is 0. The summed E-state index contributed by atoms with van der Waals surface area (Å²) in [7, 11) is 0. The third-order valence-corrected chi connectivity index (χ3v) is 1.95. The van der Waals surface area contributed by atoms with Crippen LogP contribution >= 0.6 is 11.6 Å². The highest BCUT2D eigenvalue weighted by Gasteiger charge is 1.90. The first-order valence-electron chi connectivity index (χ1n) is 5.50. The fourth-order valence-electron chi connectivity index (χ4n) is 1.16. The lowest BCUT2D eigenvalue weighted by atomic mass is 10.1. The summed E-state index contributed by atoms with van der Waals surface area (Å²) in [5.74, 6) is 0. The molecule has 0 bridgehead atoms. The van der Waals surface area contributed by atoms with Crippen molar-refractivity contribution in [1.29, 1.82) is 0 Å². The summed E-state index contributed by atoms with van der Waals surface area (Å²) in [4.78, 5) is 0. The number of rotatable bonds is 0. The van der Waals surface area contributed by atoms with Gasteiger partial charge >= 0.3 is 0 Å². The number of hydrogen-bond donors (Lipinski definition) is 0. The van der Waals surface area contributed by atoms with E-state index in [0.717, 1.165) is 5.02 Å². The lowest BCUT2D eigenvalue weighted by Crippen LogP contribution is -1.69. The number of halogens is 1. The van der Waals surface area contributed by atoms with Crippen LogP contribution in [-0.2, 0) is 0 Å². The van der Waals surface area contributed by atoms with Crippen LogP contribution in [0.25, 0.3) is 10.8 Å². The normalized spacial score (nSPS) is 8.33. The molecule has 0 nitrogen and oxygen atoms in total. The smallest absolute Gasteiger partial charge is 0.0412 e. The molecule has 0 unspecified atom stereocenters. The number of hydrogen-bond acceptors (Lipinski definition) is 0. The minimum absolute atomic E-state index is 0.795. The fourth-order valence-corrected chi connectivity index (χ4v) is 1.34. The second-order valence-corrected chi connectivity index (χ2v) is 2.93. The summed E-state index contributed by atoms with van der Waals surface area (Å²) in [6, 6.07) is 14.1. The van der Waals surface area contributed by atoms with Crippen molar-refractivity contribution in [2.24, 2.45) is 0 Å². The largest absolute Gasteiger partial charge is 0.0843 e. The van der Waals surface area contributed by atoms with Crippen molar-refractivity contribution < 1.29 is 0 Å². The maximum atomic E-state index is 5.82. The van der Waals surface area contributed by atoms with Gasteiger partial charge in [-0.1, -0.05) is 69.6 Å². The van der Waals surface area contributed by atoms with Crippen LogP contribution in [0.5, 0.6) is 0 Å². The average Bonchev–Trinajstić information content (AvgIpc) is 2.34. The van der Waals surface area contributed by atoms with Crippen LogP contribution in [0.1, 0.15) is 27.7 Å². The van der Waals surface area contributed by atoms with Gasteiger partial charge in [-0.15, -0.1) is 0 Å². The van der Waals surface area contributed by atoms with Gasteiger partial charge in [-0.2, -0.15) is 0 Å². The van der Waals surface area contributed by atoms with Gasteiger partial charge in [0.15, 0.2) is 0 Å². The maximum Gasteiger partial charge on any atom is 0.0412 e. The molecule has 0 saturated heterocycles. The molecule has 0 aromatic heterocycles. The van der Waals surface area contributed by atoms with E-state index in [1.165, 1.54) is 10.8 Å². The first-order chi connectivity index (χ1) is 7.36. The highest BCUT2D eigenvalue weighted by Crippen LogP contribution is 2.18. The molecule has 0 aliphatic carbocycles. The predicted octanol–water partition coefficient (Wildman–Crippen LogP) is 5.55. The van der Waals surface area contributed by atoms with Crippen molar-refractivity contribution in [3.63, 3.8) is 0 Å². The van der Waals surface area contributed by atoms with Crippen LogP contribution in [-0.4, -0.2) is 0 Å². The van der Waals surface area contributed by atoms with Crippen molar-refractivity contribution >= 4 is 22.4 Å². The summed E-state index contributed by atoms with van der Waals surface area (Å²) < 4.78 is 0. The van der Waals surface area contributed by atoms with Gasteiger partial charge in [-0.05, 0) is 22.9 Å². The van der Waals surface area contributed by atoms with E-state index < -0.39 is 0 Å². The van der Waals surface area contributed by atoms with Gasteiger partial charge in [0.05, 0.1) is 0 Å². The van der Waals surface area contributed by atoms with E-state index in [9.17, 15) is 0 Å². The zero-order valence-corrected chi connectivity index (χ0v) is 10.7. The minimum atomic E-state index is 0.795. The Bertz CT molecular complexity index is 380. The Labute approximate surface area is 97.9 Å². The van der Waals surface area contributed by atoms with Crippen molar-refractivity contribution in [2.45, 2.75) is 27.7 Å². The molecule has 82 valence electrons. The summed E-state index contributed by atoms with van der Waals surface area (Å²) in [5.41, 5.74) is 0. The minimum Gasteiger partial charge on any atom is -0.0843 e. The third-order valence-electron chi connectivity index (χ3n) is 1.71. The highest BCUT2D eigenvalue weighted by molar-refractivity contribution is 6.31. The van der Waals surface area contributed by atoms with Crippen LogP contribution in [0.4, 0.5) is 0 Å². The lowest BCUT2D eigenvalue weighted by molar-refractivity contribution is 1.50. The molecule has 0 aliphatic rings. The second kappa shape index (κ2) is 8.31. The van der Waals surface area contributed by atoms with Crippen molar-refractivity contribution in [3.8, 4) is 0 Å². The molecule has 0 heterocycles. The Hall–Kier alpha value is -1.01. The SMILES string of the molecule is CC.CC.Clc1ccc2ccccc2c1. The zero-order chi connectivity index (χ0) is 11.7. The van der Waals surface area contributed by atoms with Crippen LogP contribution in [0.15, 0.2) is 42.5 Å². The Morgan fingerprint density at radius 1 is 0.733 bits per heavy atom. The van der Waals surface area contributed by atoms with Gasteiger partial charge in [-0.3, -0.25) is 0 Å². The van der Waals surface area contributed by atoms with Crippen LogP contribution in [0, 0.1) is 0 Å². The molecule has 0 radical (unpaired) electrons. The molecule has 2 aromatic carbocycles. The fraction of sp³-hybridized carbons (Fsp3) is 0.286. The monoisotopic (exact) mass is 222 g/mol. The van der Waals surface area contributed by atoms with Crippen LogP contribution in [0.3, 0.4) is 0 Å². The average molecular weight is 223 g/mol. The quantitative estimate of drug-likeness (QED) is 0.549. The number of fused-ring (bicyclic) bond motifs is 1. The third kappa shape index (κ3) is 4.35. The molecular weight excluding hydrogens is 204 g/mol. The van der Waals surface area contributed by atoms with Gasteiger partial charge < -0.3 is 0 Å². The first kappa shape index (κ1) is 14.0. The van der Waals surface area contributed by atoms with E-state index in [-0.39, 0.29) is 0 Å². The van der Waals surface area contributed by atoms with Crippen molar-refractivity contribution in [2.75, 3.05) is 0 Å². The molecule has 15 heavy (non-hydrogen) atoms. The molecule has 0 fully saturated rings. The Morgan fingerprint density at radius 2 is 1.27 bits per heavy atom. The summed E-state index contributed by atoms with van der Waals surface area (Å²) in [6.45, 7) is 8.00. The van der Waals surface area contributed by atoms with Crippen LogP contribution in [0.2, 0.25) is 5.02 Å². The van der Waals surface area contributed by atoms with Crippen LogP contribution < -0.4 is 0 Å².